The van der Waals surface area contributed by atoms with Crippen molar-refractivity contribution in [2.24, 2.45) is 5.73 Å². The number of hydrogen-bond acceptors (Lipinski definition) is 8. The van der Waals surface area contributed by atoms with E-state index in [9.17, 15) is 9.59 Å². The summed E-state index contributed by atoms with van der Waals surface area (Å²) in [5, 5.41) is 6.27. The maximum absolute atomic E-state index is 12.7. The minimum atomic E-state index is -0.193. The number of nitrogens with two attached hydrogens (primary N) is 1. The van der Waals surface area contributed by atoms with E-state index in [1.54, 1.807) is 18.2 Å². The molecule has 0 unspecified atom stereocenters. The smallest absolute Gasteiger partial charge is 0.220 e. The van der Waals surface area contributed by atoms with Crippen molar-refractivity contribution >= 4 is 17.8 Å². The number of allylic oxidation sites excluding steroid dienone is 1. The topological polar surface area (TPSA) is 121 Å². The van der Waals surface area contributed by atoms with Gasteiger partial charge in [0.15, 0.2) is 17.3 Å². The zero-order valence-corrected chi connectivity index (χ0v) is 22.7. The molecule has 0 radical (unpaired) electrons. The maximum atomic E-state index is 12.7. The third-order valence-electron chi connectivity index (χ3n) is 5.73. The number of benzene rings is 2. The van der Waals surface area contributed by atoms with Crippen LogP contribution in [0.3, 0.4) is 0 Å². The van der Waals surface area contributed by atoms with Gasteiger partial charge in [-0.1, -0.05) is 18.2 Å². The highest BCUT2D eigenvalue weighted by Crippen LogP contribution is 2.38. The van der Waals surface area contributed by atoms with Crippen LogP contribution in [0.1, 0.15) is 48.0 Å². The lowest BCUT2D eigenvalue weighted by atomic mass is 10.1. The second-order valence-electron chi connectivity index (χ2n) is 8.58. The number of carbonyl (C=O) groups is 2. The second-order valence-corrected chi connectivity index (χ2v) is 8.58. The Labute approximate surface area is 225 Å². The SMILES string of the molecule is COc1cc(C(=O)/C=C/c2ccc(OCCCC(=O)NCCCNCCCCN)cc2)cc(OC)c1OC. The highest BCUT2D eigenvalue weighted by Gasteiger charge is 2.15. The number of amides is 1. The van der Waals surface area contributed by atoms with Crippen molar-refractivity contribution in [3.05, 3.63) is 53.6 Å². The van der Waals surface area contributed by atoms with Crippen LogP contribution in [-0.4, -0.2) is 65.8 Å². The van der Waals surface area contributed by atoms with Crippen LogP contribution in [0.25, 0.3) is 6.08 Å². The lowest BCUT2D eigenvalue weighted by Gasteiger charge is -2.13. The predicted molar refractivity (Wildman–Crippen MR) is 149 cm³/mol. The molecular weight excluding hydrogens is 486 g/mol. The first-order valence-electron chi connectivity index (χ1n) is 12.9. The second kappa shape index (κ2) is 17.8. The molecule has 2 aromatic rings. The van der Waals surface area contributed by atoms with Gasteiger partial charge in [-0.25, -0.2) is 0 Å². The Morgan fingerprint density at radius 1 is 0.868 bits per heavy atom. The van der Waals surface area contributed by atoms with Gasteiger partial charge in [0.1, 0.15) is 5.75 Å². The van der Waals surface area contributed by atoms with Crippen molar-refractivity contribution in [3.63, 3.8) is 0 Å². The molecule has 0 fully saturated rings. The number of carbonyl (C=O) groups excluding carboxylic acids is 2. The summed E-state index contributed by atoms with van der Waals surface area (Å²) in [5.41, 5.74) is 6.74. The molecule has 0 bridgehead atoms. The molecule has 9 heteroatoms. The summed E-state index contributed by atoms with van der Waals surface area (Å²) >= 11 is 0. The summed E-state index contributed by atoms with van der Waals surface area (Å²) in [6.45, 7) is 3.70. The van der Waals surface area contributed by atoms with Crippen molar-refractivity contribution < 1.29 is 28.5 Å². The Balaban J connectivity index is 1.71. The van der Waals surface area contributed by atoms with Gasteiger partial charge < -0.3 is 35.3 Å². The average molecular weight is 528 g/mol. The van der Waals surface area contributed by atoms with E-state index in [-0.39, 0.29) is 11.7 Å². The fraction of sp³-hybridized carbons (Fsp3) is 0.448. The van der Waals surface area contributed by atoms with E-state index in [1.807, 2.05) is 24.3 Å². The summed E-state index contributed by atoms with van der Waals surface area (Å²) in [5.74, 6) is 1.83. The third-order valence-corrected chi connectivity index (χ3v) is 5.73. The number of ether oxygens (including phenoxy) is 4. The molecule has 0 aliphatic rings. The first-order valence-corrected chi connectivity index (χ1v) is 12.9. The molecule has 0 aliphatic heterocycles. The van der Waals surface area contributed by atoms with Gasteiger partial charge in [-0.15, -0.1) is 0 Å². The predicted octanol–water partition coefficient (Wildman–Crippen LogP) is 3.60. The number of unbranched alkanes of at least 4 members (excludes halogenated alkanes) is 1. The van der Waals surface area contributed by atoms with Gasteiger partial charge in [0.2, 0.25) is 11.7 Å². The quantitative estimate of drug-likeness (QED) is 0.144. The number of ketones is 1. The standard InChI is InChI=1S/C29H41N3O6/c1-35-26-20-23(21-27(36-2)29(26)37-3)25(33)14-11-22-9-12-24(13-10-22)38-19-6-8-28(34)32-18-7-17-31-16-5-4-15-30/h9-14,20-21,31H,4-8,15-19,30H2,1-3H3,(H,32,34)/b14-11+. The van der Waals surface area contributed by atoms with Crippen LogP contribution in [0.15, 0.2) is 42.5 Å². The first kappa shape index (κ1) is 30.7. The Morgan fingerprint density at radius 3 is 2.18 bits per heavy atom. The molecule has 0 aromatic heterocycles. The van der Waals surface area contributed by atoms with Crippen molar-refractivity contribution in [1.29, 1.82) is 0 Å². The molecule has 208 valence electrons. The molecule has 0 spiro atoms. The summed E-state index contributed by atoms with van der Waals surface area (Å²) in [7, 11) is 4.53. The highest BCUT2D eigenvalue weighted by atomic mass is 16.5. The molecule has 0 saturated heterocycles. The van der Waals surface area contributed by atoms with Crippen molar-refractivity contribution in [1.82, 2.24) is 10.6 Å². The minimum Gasteiger partial charge on any atom is -0.494 e. The lowest BCUT2D eigenvalue weighted by Crippen LogP contribution is -2.27. The lowest BCUT2D eigenvalue weighted by molar-refractivity contribution is -0.121. The number of methoxy groups -OCH3 is 3. The van der Waals surface area contributed by atoms with E-state index in [0.717, 1.165) is 44.5 Å². The molecular formula is C29H41N3O6. The van der Waals surface area contributed by atoms with E-state index < -0.39 is 0 Å². The van der Waals surface area contributed by atoms with Gasteiger partial charge in [-0.05, 0) is 81.2 Å². The maximum Gasteiger partial charge on any atom is 0.220 e. The fourth-order valence-corrected chi connectivity index (χ4v) is 3.64. The van der Waals surface area contributed by atoms with E-state index in [1.165, 1.54) is 27.4 Å². The zero-order chi connectivity index (χ0) is 27.6. The molecule has 2 rings (SSSR count). The van der Waals surface area contributed by atoms with Crippen molar-refractivity contribution in [2.75, 3.05) is 54.1 Å². The average Bonchev–Trinajstić information content (AvgIpc) is 2.95. The van der Waals surface area contributed by atoms with Crippen LogP contribution in [-0.2, 0) is 4.79 Å². The van der Waals surface area contributed by atoms with Gasteiger partial charge in [0.25, 0.3) is 0 Å². The minimum absolute atomic E-state index is 0.0361. The highest BCUT2D eigenvalue weighted by molar-refractivity contribution is 6.07. The van der Waals surface area contributed by atoms with E-state index in [4.69, 9.17) is 24.7 Å². The number of rotatable bonds is 19. The van der Waals surface area contributed by atoms with Crippen molar-refractivity contribution in [2.45, 2.75) is 32.1 Å². The van der Waals surface area contributed by atoms with Gasteiger partial charge >= 0.3 is 0 Å². The summed E-state index contributed by atoms with van der Waals surface area (Å²) in [6.07, 6.45) is 7.30. The summed E-state index contributed by atoms with van der Waals surface area (Å²) in [6, 6.07) is 10.6. The van der Waals surface area contributed by atoms with Gasteiger partial charge in [-0.3, -0.25) is 9.59 Å². The first-order chi connectivity index (χ1) is 18.5. The van der Waals surface area contributed by atoms with E-state index in [2.05, 4.69) is 10.6 Å². The molecule has 4 N–H and O–H groups in total. The van der Waals surface area contributed by atoms with Gasteiger partial charge in [-0.2, -0.15) is 0 Å². The molecule has 9 nitrogen and oxygen atoms in total. The molecule has 2 aromatic carbocycles. The fourth-order valence-electron chi connectivity index (χ4n) is 3.64. The summed E-state index contributed by atoms with van der Waals surface area (Å²) in [4.78, 5) is 24.6. The molecule has 1 amide bonds. The third kappa shape index (κ3) is 10.8. The Bertz CT molecular complexity index is 998. The Hall–Kier alpha value is -3.56. The van der Waals surface area contributed by atoms with Crippen molar-refractivity contribution in [3.8, 4) is 23.0 Å². The molecule has 0 aliphatic carbocycles. The van der Waals surface area contributed by atoms with Crippen LogP contribution in [0, 0.1) is 0 Å². The van der Waals surface area contributed by atoms with Crippen LogP contribution < -0.4 is 35.3 Å². The van der Waals surface area contributed by atoms with E-state index in [0.29, 0.717) is 54.6 Å². The molecule has 0 atom stereocenters. The zero-order valence-electron chi connectivity index (χ0n) is 22.7. The van der Waals surface area contributed by atoms with Crippen LogP contribution >= 0.6 is 0 Å². The van der Waals surface area contributed by atoms with Gasteiger partial charge in [0, 0.05) is 18.5 Å². The van der Waals surface area contributed by atoms with Gasteiger partial charge in [0.05, 0.1) is 27.9 Å². The number of nitrogens with one attached hydrogen (secondary N) is 2. The normalized spacial score (nSPS) is 10.8. The van der Waals surface area contributed by atoms with Crippen LogP contribution in [0.2, 0.25) is 0 Å². The number of hydrogen-bond donors (Lipinski definition) is 3. The Kier molecular flexibility index (Phi) is 14.4. The molecule has 38 heavy (non-hydrogen) atoms. The van der Waals surface area contributed by atoms with Crippen LogP contribution in [0.4, 0.5) is 0 Å². The largest absolute Gasteiger partial charge is 0.494 e. The molecule has 0 heterocycles. The summed E-state index contributed by atoms with van der Waals surface area (Å²) < 4.78 is 21.7. The van der Waals surface area contributed by atoms with E-state index >= 15 is 0 Å². The monoisotopic (exact) mass is 527 g/mol. The molecule has 0 saturated carbocycles. The Morgan fingerprint density at radius 2 is 1.55 bits per heavy atom. The van der Waals surface area contributed by atoms with Crippen LogP contribution in [0.5, 0.6) is 23.0 Å².